The van der Waals surface area contributed by atoms with Crippen LogP contribution in [-0.4, -0.2) is 51.5 Å². The summed E-state index contributed by atoms with van der Waals surface area (Å²) in [7, 11) is 0. The van der Waals surface area contributed by atoms with Crippen molar-refractivity contribution in [2.45, 2.75) is 76.6 Å². The van der Waals surface area contributed by atoms with E-state index in [1.165, 1.54) is 49.6 Å². The maximum atomic E-state index is 13.0. The molecule has 2 saturated heterocycles. The maximum absolute atomic E-state index is 13.0. The summed E-state index contributed by atoms with van der Waals surface area (Å²) < 4.78 is 41.3. The second kappa shape index (κ2) is 7.53. The van der Waals surface area contributed by atoms with Crippen LogP contribution in [0.25, 0.3) is 5.57 Å². The average Bonchev–Trinajstić information content (AvgIpc) is 3.20. The first kappa shape index (κ1) is 21.6. The van der Waals surface area contributed by atoms with E-state index < -0.39 is 12.1 Å². The fraction of sp³-hybridized carbons (Fsp3) is 0.800. The summed E-state index contributed by atoms with van der Waals surface area (Å²) in [5.74, 6) is 3.66. The summed E-state index contributed by atoms with van der Waals surface area (Å²) in [6.45, 7) is 6.93. The molecule has 1 spiro atoms. The van der Waals surface area contributed by atoms with Crippen LogP contribution in [0.5, 0.6) is 0 Å². The van der Waals surface area contributed by atoms with E-state index in [0.29, 0.717) is 17.8 Å². The second-order valence-electron chi connectivity index (χ2n) is 11.4. The first-order valence-electron chi connectivity index (χ1n) is 12.4. The Kier molecular flexibility index (Phi) is 5.07. The SMILES string of the molecule is CC(C)n1nc(C2=CCC(C(F)(F)F)CC2)cc1C1C2CC(N3CCC4(CSC4)C3)CC21. The van der Waals surface area contributed by atoms with Crippen LogP contribution in [-0.2, 0) is 0 Å². The van der Waals surface area contributed by atoms with E-state index in [1.807, 2.05) is 0 Å². The predicted molar refractivity (Wildman–Crippen MR) is 123 cm³/mol. The molecule has 2 aliphatic heterocycles. The molecule has 3 heterocycles. The molecule has 0 aromatic carbocycles. The van der Waals surface area contributed by atoms with Gasteiger partial charge in [-0.05, 0) is 82.4 Å². The highest BCUT2D eigenvalue weighted by Crippen LogP contribution is 2.65. The van der Waals surface area contributed by atoms with Crippen molar-refractivity contribution in [3.8, 4) is 0 Å². The van der Waals surface area contributed by atoms with Crippen LogP contribution in [0.2, 0.25) is 0 Å². The summed E-state index contributed by atoms with van der Waals surface area (Å²) >= 11 is 2.11. The monoisotopic (exact) mass is 465 g/mol. The molecule has 2 saturated carbocycles. The fourth-order valence-corrected chi connectivity index (χ4v) is 8.30. The number of thioether (sulfide) groups is 1. The topological polar surface area (TPSA) is 21.1 Å². The highest BCUT2D eigenvalue weighted by Gasteiger charge is 2.60. The number of fused-ring (bicyclic) bond motifs is 1. The molecular formula is C25H34F3N3S. The zero-order valence-corrected chi connectivity index (χ0v) is 19.9. The van der Waals surface area contributed by atoms with Crippen LogP contribution in [0.15, 0.2) is 12.1 Å². The van der Waals surface area contributed by atoms with Crippen molar-refractivity contribution in [3.05, 3.63) is 23.5 Å². The first-order chi connectivity index (χ1) is 15.2. The molecule has 176 valence electrons. The Morgan fingerprint density at radius 1 is 1.19 bits per heavy atom. The zero-order valence-electron chi connectivity index (χ0n) is 19.1. The third-order valence-electron chi connectivity index (χ3n) is 9.02. The molecule has 0 bridgehead atoms. The standard InChI is InChI=1S/C25H34F3N3S/c1-15(2)31-22(11-21(29-31)16-3-5-17(6-4-16)25(26,27)28)23-19-9-18(10-20(19)23)30-8-7-24(12-30)13-32-14-24/h3,11,15,17-20,23H,4-10,12-14H2,1-2H3. The second-order valence-corrected chi connectivity index (χ2v) is 12.4. The Labute approximate surface area is 193 Å². The number of allylic oxidation sites excluding steroid dienone is 2. The summed E-state index contributed by atoms with van der Waals surface area (Å²) in [5.41, 5.74) is 3.90. The smallest absolute Gasteiger partial charge is 0.300 e. The minimum Gasteiger partial charge on any atom is -0.300 e. The molecule has 3 nitrogen and oxygen atoms in total. The first-order valence-corrected chi connectivity index (χ1v) is 13.6. The average molecular weight is 466 g/mol. The number of hydrogen-bond acceptors (Lipinski definition) is 3. The Morgan fingerprint density at radius 3 is 2.47 bits per heavy atom. The van der Waals surface area contributed by atoms with Gasteiger partial charge in [0.2, 0.25) is 0 Å². The summed E-state index contributed by atoms with van der Waals surface area (Å²) in [6, 6.07) is 3.26. The maximum Gasteiger partial charge on any atom is 0.392 e. The van der Waals surface area contributed by atoms with Gasteiger partial charge in [-0.15, -0.1) is 0 Å². The van der Waals surface area contributed by atoms with Gasteiger partial charge in [-0.1, -0.05) is 6.08 Å². The number of nitrogens with zero attached hydrogens (tertiary/aromatic N) is 3. The summed E-state index contributed by atoms with van der Waals surface area (Å²) in [5, 5.41) is 4.90. The highest BCUT2D eigenvalue weighted by atomic mass is 32.2. The number of aromatic nitrogens is 2. The predicted octanol–water partition coefficient (Wildman–Crippen LogP) is 6.14. The minimum absolute atomic E-state index is 0.0922. The number of likely N-dealkylation sites (tertiary alicyclic amines) is 1. The zero-order chi connectivity index (χ0) is 22.3. The van der Waals surface area contributed by atoms with Gasteiger partial charge in [0.05, 0.1) is 11.6 Å². The van der Waals surface area contributed by atoms with Crippen LogP contribution in [0.3, 0.4) is 0 Å². The van der Waals surface area contributed by atoms with Gasteiger partial charge in [0.15, 0.2) is 0 Å². The van der Waals surface area contributed by atoms with Gasteiger partial charge in [-0.2, -0.15) is 30.0 Å². The van der Waals surface area contributed by atoms with E-state index in [1.54, 1.807) is 6.08 Å². The van der Waals surface area contributed by atoms with Crippen LogP contribution in [0, 0.1) is 23.2 Å². The van der Waals surface area contributed by atoms with Gasteiger partial charge in [0, 0.05) is 47.2 Å². The molecule has 3 aliphatic carbocycles. The summed E-state index contributed by atoms with van der Waals surface area (Å²) in [4.78, 5) is 2.79. The minimum atomic E-state index is -4.08. The lowest BCUT2D eigenvalue weighted by atomic mass is 9.88. The van der Waals surface area contributed by atoms with Gasteiger partial charge < -0.3 is 0 Å². The van der Waals surface area contributed by atoms with Gasteiger partial charge >= 0.3 is 6.18 Å². The third-order valence-corrected chi connectivity index (χ3v) is 10.7. The molecule has 0 radical (unpaired) electrons. The lowest BCUT2D eigenvalue weighted by Crippen LogP contribution is -2.41. The fourth-order valence-electron chi connectivity index (χ4n) is 7.05. The molecule has 32 heavy (non-hydrogen) atoms. The largest absolute Gasteiger partial charge is 0.392 e. The molecule has 3 atom stereocenters. The summed E-state index contributed by atoms with van der Waals surface area (Å²) in [6.07, 6.45) is 2.49. The number of halogens is 3. The molecule has 1 aromatic rings. The van der Waals surface area contributed by atoms with Crippen molar-refractivity contribution in [2.24, 2.45) is 23.2 Å². The Bertz CT molecular complexity index is 904. The van der Waals surface area contributed by atoms with Crippen molar-refractivity contribution >= 4 is 17.3 Å². The number of hydrogen-bond donors (Lipinski definition) is 0. The lowest BCUT2D eigenvalue weighted by molar-refractivity contribution is -0.175. The van der Waals surface area contributed by atoms with Crippen LogP contribution < -0.4 is 0 Å². The molecule has 1 aromatic heterocycles. The van der Waals surface area contributed by atoms with Gasteiger partial charge in [0.1, 0.15) is 0 Å². The van der Waals surface area contributed by atoms with Gasteiger partial charge in [0.25, 0.3) is 0 Å². The van der Waals surface area contributed by atoms with Gasteiger partial charge in [-0.3, -0.25) is 9.58 Å². The van der Waals surface area contributed by atoms with E-state index in [-0.39, 0.29) is 18.9 Å². The van der Waals surface area contributed by atoms with E-state index in [2.05, 4.69) is 41.3 Å². The molecule has 0 amide bonds. The number of rotatable bonds is 4. The van der Waals surface area contributed by atoms with Crippen LogP contribution >= 0.6 is 11.8 Å². The molecule has 6 rings (SSSR count). The molecule has 7 heteroatoms. The van der Waals surface area contributed by atoms with E-state index >= 15 is 0 Å². The van der Waals surface area contributed by atoms with Crippen molar-refractivity contribution in [1.29, 1.82) is 0 Å². The van der Waals surface area contributed by atoms with Crippen molar-refractivity contribution < 1.29 is 13.2 Å². The van der Waals surface area contributed by atoms with Crippen molar-refractivity contribution in [1.82, 2.24) is 14.7 Å². The van der Waals surface area contributed by atoms with Crippen LogP contribution in [0.4, 0.5) is 13.2 Å². The Hall–Kier alpha value is -0.950. The van der Waals surface area contributed by atoms with E-state index in [4.69, 9.17) is 5.10 Å². The molecule has 5 aliphatic rings. The van der Waals surface area contributed by atoms with E-state index in [9.17, 15) is 13.2 Å². The lowest BCUT2D eigenvalue weighted by Gasteiger charge is -2.38. The van der Waals surface area contributed by atoms with Crippen molar-refractivity contribution in [3.63, 3.8) is 0 Å². The number of alkyl halides is 3. The normalized spacial score (nSPS) is 36.4. The Balaban J connectivity index is 1.14. The third kappa shape index (κ3) is 3.57. The van der Waals surface area contributed by atoms with E-state index in [0.717, 1.165) is 29.1 Å². The molecule has 3 unspecified atom stereocenters. The molecule has 4 fully saturated rings. The van der Waals surface area contributed by atoms with Crippen molar-refractivity contribution in [2.75, 3.05) is 24.6 Å². The molecule has 0 N–H and O–H groups in total. The van der Waals surface area contributed by atoms with Gasteiger partial charge in [-0.25, -0.2) is 0 Å². The molecular weight excluding hydrogens is 431 g/mol. The quantitative estimate of drug-likeness (QED) is 0.533. The highest BCUT2D eigenvalue weighted by molar-refractivity contribution is 8.00. The van der Waals surface area contributed by atoms with Crippen LogP contribution in [0.1, 0.15) is 75.7 Å². The Morgan fingerprint density at radius 2 is 1.94 bits per heavy atom.